The van der Waals surface area contributed by atoms with Crippen LogP contribution in [0.15, 0.2) is 59.0 Å². The normalized spacial score (nSPS) is 23.0. The molecule has 0 aliphatic carbocycles. The number of amides is 8. The lowest BCUT2D eigenvalue weighted by Crippen LogP contribution is -2.59. The maximum Gasteiger partial charge on any atom is 0.247 e. The first kappa shape index (κ1) is 58.1. The van der Waals surface area contributed by atoms with E-state index in [0.29, 0.717) is 27.9 Å². The number of hydrogen-bond donors (Lipinski definition) is 8. The average molecular weight is 1160 g/mol. The molecule has 0 radical (unpaired) electrons. The minimum atomic E-state index is -1.55. The van der Waals surface area contributed by atoms with Crippen LogP contribution in [-0.2, 0) is 38.4 Å². The number of halogens is 1. The van der Waals surface area contributed by atoms with Gasteiger partial charge in [0.2, 0.25) is 47.3 Å². The Bertz CT molecular complexity index is 3210. The van der Waals surface area contributed by atoms with Gasteiger partial charge in [0.1, 0.15) is 47.1 Å². The zero-order chi connectivity index (χ0) is 57.0. The number of aliphatic hydroxyl groups excluding tert-OH is 1. The van der Waals surface area contributed by atoms with Crippen molar-refractivity contribution < 1.29 is 43.5 Å². The third-order valence-corrected chi connectivity index (χ3v) is 17.3. The van der Waals surface area contributed by atoms with Crippen LogP contribution in [0.25, 0.3) is 15.4 Å². The lowest BCUT2D eigenvalue weighted by atomic mass is 9.85. The molecule has 3 aromatic heterocycles. The number of carbonyl (C=O) groups excluding carboxylic acids is 8. The zero-order valence-corrected chi connectivity index (χ0v) is 47.7. The van der Waals surface area contributed by atoms with Crippen LogP contribution in [0.5, 0.6) is 0 Å². The topological polar surface area (TPSA) is 314 Å². The molecule has 6 heterocycles. The molecular formula is C53H62ClN13O9S3. The van der Waals surface area contributed by atoms with E-state index in [1.807, 2.05) is 37.5 Å². The molecule has 5 aromatic rings. The summed E-state index contributed by atoms with van der Waals surface area (Å²) in [5.74, 6) is -5.20. The molecule has 8 rings (SSSR count). The highest BCUT2D eigenvalue weighted by Gasteiger charge is 2.45. The molecule has 3 aliphatic rings. The lowest BCUT2D eigenvalue weighted by Gasteiger charge is -2.35. The van der Waals surface area contributed by atoms with Gasteiger partial charge in [0.25, 0.3) is 0 Å². The van der Waals surface area contributed by atoms with Gasteiger partial charge in [0.15, 0.2) is 5.82 Å². The molecule has 9 N–H and O–H groups in total. The molecule has 418 valence electrons. The molecular weight excluding hydrogens is 1090 g/mol. The first-order valence-corrected chi connectivity index (χ1v) is 28.7. The second kappa shape index (κ2) is 24.5. The minimum Gasteiger partial charge on any atom is -0.391 e. The number of nitrogens with two attached hydrogens (primary N) is 1. The maximum absolute atomic E-state index is 14.4. The Kier molecular flexibility index (Phi) is 18.0. The van der Waals surface area contributed by atoms with Gasteiger partial charge in [-0.25, -0.2) is 4.98 Å². The van der Waals surface area contributed by atoms with Crippen molar-refractivity contribution in [1.29, 1.82) is 0 Å². The zero-order valence-electron chi connectivity index (χ0n) is 44.5. The van der Waals surface area contributed by atoms with Crippen molar-refractivity contribution in [2.75, 3.05) is 31.1 Å². The fourth-order valence-electron chi connectivity index (χ4n) is 9.51. The number of aryl methyl sites for hydroxylation is 3. The summed E-state index contributed by atoms with van der Waals surface area (Å²) < 4.78 is 1.88. The van der Waals surface area contributed by atoms with Crippen molar-refractivity contribution in [2.45, 2.75) is 110 Å². The van der Waals surface area contributed by atoms with Crippen molar-refractivity contribution in [3.63, 3.8) is 0 Å². The summed E-state index contributed by atoms with van der Waals surface area (Å²) in [5.41, 5.74) is 11.7. The van der Waals surface area contributed by atoms with Crippen LogP contribution in [0.1, 0.15) is 96.6 Å². The third kappa shape index (κ3) is 13.3. The van der Waals surface area contributed by atoms with Crippen LogP contribution in [0.3, 0.4) is 0 Å². The Morgan fingerprint density at radius 3 is 2.27 bits per heavy atom. The molecule has 22 nitrogen and oxygen atoms in total. The number of aliphatic imine (C=N–C) groups is 1. The van der Waals surface area contributed by atoms with Gasteiger partial charge in [-0.15, -0.1) is 32.9 Å². The number of rotatable bonds is 8. The van der Waals surface area contributed by atoms with Crippen molar-refractivity contribution in [1.82, 2.24) is 56.5 Å². The maximum atomic E-state index is 14.4. The van der Waals surface area contributed by atoms with Crippen LogP contribution >= 0.6 is 46.0 Å². The second-order valence-electron chi connectivity index (χ2n) is 20.6. The average Bonchev–Trinajstić information content (AvgIpc) is 4.32. The summed E-state index contributed by atoms with van der Waals surface area (Å²) >= 11 is 10.4. The predicted octanol–water partition coefficient (Wildman–Crippen LogP) is 2.80. The van der Waals surface area contributed by atoms with Crippen molar-refractivity contribution >= 4 is 99.0 Å². The van der Waals surface area contributed by atoms with E-state index in [4.69, 9.17) is 22.3 Å². The van der Waals surface area contributed by atoms with Crippen LogP contribution < -0.4 is 37.6 Å². The predicted molar refractivity (Wildman–Crippen MR) is 300 cm³/mol. The third-order valence-electron chi connectivity index (χ3n) is 13.8. The van der Waals surface area contributed by atoms with Crippen molar-refractivity contribution in [2.24, 2.45) is 16.1 Å². The molecule has 79 heavy (non-hydrogen) atoms. The number of nitrogens with zero attached hydrogens (tertiary/aromatic N) is 6. The summed E-state index contributed by atoms with van der Waals surface area (Å²) in [6.07, 6.45) is -1.62. The lowest BCUT2D eigenvalue weighted by molar-refractivity contribution is -0.144. The molecule has 2 aromatic carbocycles. The number of thiophene rings is 1. The minimum absolute atomic E-state index is 0.0569. The van der Waals surface area contributed by atoms with Gasteiger partial charge >= 0.3 is 0 Å². The fourth-order valence-corrected chi connectivity index (χ4v) is 12.5. The Labute approximate surface area is 472 Å². The number of carbonyl (C=O) groups is 8. The number of benzene rings is 2. The summed E-state index contributed by atoms with van der Waals surface area (Å²) in [4.78, 5) is 124. The molecule has 0 bridgehead atoms. The quantitative estimate of drug-likeness (QED) is 0.111. The largest absolute Gasteiger partial charge is 0.391 e. The number of hydrogen-bond acceptors (Lipinski definition) is 16. The second-order valence-corrected chi connectivity index (χ2v) is 24.2. The molecule has 0 saturated carbocycles. The SMILES string of the molecule is Cc1ncsc1-c1ccc(C2NC(=O)[C@@H]3CC(O)CN3C(=O)[C@H](C(C)(C)C)NC(=O)CSCC[C@H](C(N)=O)NC(=O)[C@@H](CNC(=O)C[C@@H]3N=C(c4ccc(Cl)cc4)c4c(sc(C)c4C)-n4c(C)nnc43)NC(=O)CNC2=O)cc1. The summed E-state index contributed by atoms with van der Waals surface area (Å²) in [6, 6.07) is 6.31. The Morgan fingerprint density at radius 2 is 1.59 bits per heavy atom. The standard InChI is InChI=1S/C53H62ClN13O9S3/c1-25-27(3)79-52-41(25)42(29-12-14-32(54)15-13-29)60-35(47-65-64-28(4)67(47)52)19-38(69)56-20-36-48(73)61-34(46(55)72)16-17-77-23-40(71)62-45(53(5,6)7)51(76)66-22-33(68)18-37(66)49(74)63-43(50(75)57-21-39(70)59-36)30-8-10-31(11-9-30)44-26(2)58-24-78-44/h8-15,24,33-37,43,45,68H,16-23H2,1-7H3,(H2,55,72)(H,56,69)(H,57,75)(H,59,70)(H,61,73)(H,62,71)(H,63,74)/t33?,34-,35+,36-,37+,43?,45-/m1/s1. The van der Waals surface area contributed by atoms with E-state index in [1.165, 1.54) is 16.2 Å². The van der Waals surface area contributed by atoms with Crippen molar-refractivity contribution in [3.8, 4) is 15.4 Å². The molecule has 3 aliphatic heterocycles. The number of aliphatic hydroxyl groups is 1. The molecule has 2 fully saturated rings. The van der Waals surface area contributed by atoms with E-state index in [-0.39, 0.29) is 37.3 Å². The van der Waals surface area contributed by atoms with Gasteiger partial charge in [0.05, 0.1) is 46.6 Å². The molecule has 0 spiro atoms. The van der Waals surface area contributed by atoms with Gasteiger partial charge < -0.3 is 47.6 Å². The van der Waals surface area contributed by atoms with E-state index < -0.39 is 108 Å². The van der Waals surface area contributed by atoms with E-state index in [9.17, 15) is 43.5 Å². The highest BCUT2D eigenvalue weighted by atomic mass is 35.5. The monoisotopic (exact) mass is 1160 g/mol. The molecule has 2 saturated heterocycles. The first-order chi connectivity index (χ1) is 37.5. The highest BCUT2D eigenvalue weighted by molar-refractivity contribution is 7.99. The molecule has 7 atom stereocenters. The van der Waals surface area contributed by atoms with Crippen LogP contribution in [0.2, 0.25) is 5.02 Å². The van der Waals surface area contributed by atoms with Gasteiger partial charge in [-0.1, -0.05) is 68.8 Å². The Hall–Kier alpha value is -7.06. The van der Waals surface area contributed by atoms with Crippen molar-refractivity contribution in [3.05, 3.63) is 104 Å². The number of thioether (sulfide) groups is 1. The van der Waals surface area contributed by atoms with E-state index in [2.05, 4.69) is 47.1 Å². The Morgan fingerprint density at radius 1 is 0.886 bits per heavy atom. The van der Waals surface area contributed by atoms with E-state index in [0.717, 1.165) is 54.5 Å². The van der Waals surface area contributed by atoms with E-state index >= 15 is 0 Å². The van der Waals surface area contributed by atoms with Crippen LogP contribution in [0.4, 0.5) is 0 Å². The van der Waals surface area contributed by atoms with Crippen LogP contribution in [0, 0.1) is 33.1 Å². The summed E-state index contributed by atoms with van der Waals surface area (Å²) in [6.45, 7) is 11.4. The number of nitrogens with one attached hydrogen (secondary N) is 6. The van der Waals surface area contributed by atoms with Gasteiger partial charge in [-0.2, -0.15) is 11.8 Å². The summed E-state index contributed by atoms with van der Waals surface area (Å²) in [5, 5.41) is 37.0. The number of aromatic nitrogens is 4. The first-order valence-electron chi connectivity index (χ1n) is 25.4. The number of fused-ring (bicyclic) bond motifs is 4. The molecule has 8 amide bonds. The molecule has 26 heteroatoms. The van der Waals surface area contributed by atoms with Crippen LogP contribution in [-0.4, -0.2) is 144 Å². The summed E-state index contributed by atoms with van der Waals surface area (Å²) in [7, 11) is 0. The number of primary amides is 1. The molecule has 2 unspecified atom stereocenters. The smallest absolute Gasteiger partial charge is 0.247 e. The van der Waals surface area contributed by atoms with E-state index in [1.54, 1.807) is 80.9 Å². The fraction of sp³-hybridized carbons (Fsp3) is 0.434. The van der Waals surface area contributed by atoms with Gasteiger partial charge in [0, 0.05) is 40.5 Å². The van der Waals surface area contributed by atoms with Gasteiger partial charge in [-0.05, 0) is 74.1 Å². The van der Waals surface area contributed by atoms with Gasteiger partial charge in [-0.3, -0.25) is 47.9 Å². The Balaban J connectivity index is 1.07. The highest BCUT2D eigenvalue weighted by Crippen LogP contribution is 2.40. The number of thiazole rings is 1.